The maximum absolute atomic E-state index is 10.8. The lowest BCUT2D eigenvalue weighted by Crippen LogP contribution is -2.09. The number of primary amides is 1. The SMILES string of the molecule is NC(=O)c1ccc(-c2ccc(Cl)c(N)c2)o1. The molecule has 1 aromatic heterocycles. The number of furan rings is 1. The van der Waals surface area contributed by atoms with Crippen LogP contribution in [0.4, 0.5) is 5.69 Å². The number of carbonyl (C=O) groups is 1. The number of benzene rings is 1. The molecule has 0 unspecified atom stereocenters. The zero-order valence-corrected chi connectivity index (χ0v) is 8.99. The van der Waals surface area contributed by atoms with Crippen molar-refractivity contribution in [2.45, 2.75) is 0 Å². The molecule has 0 fully saturated rings. The smallest absolute Gasteiger partial charge is 0.284 e. The van der Waals surface area contributed by atoms with Gasteiger partial charge in [-0.25, -0.2) is 0 Å². The number of rotatable bonds is 2. The number of amides is 1. The molecule has 0 atom stereocenters. The second-order valence-corrected chi connectivity index (χ2v) is 3.67. The Morgan fingerprint density at radius 3 is 2.56 bits per heavy atom. The van der Waals surface area contributed by atoms with Gasteiger partial charge in [-0.2, -0.15) is 0 Å². The summed E-state index contributed by atoms with van der Waals surface area (Å²) in [5, 5.41) is 0.477. The van der Waals surface area contributed by atoms with Gasteiger partial charge < -0.3 is 15.9 Å². The summed E-state index contributed by atoms with van der Waals surface area (Å²) in [6.45, 7) is 0. The summed E-state index contributed by atoms with van der Waals surface area (Å²) in [6, 6.07) is 8.26. The Balaban J connectivity index is 2.42. The number of anilines is 1. The lowest BCUT2D eigenvalue weighted by Gasteiger charge is -2.00. The maximum atomic E-state index is 10.8. The maximum Gasteiger partial charge on any atom is 0.284 e. The molecular weight excluding hydrogens is 228 g/mol. The van der Waals surface area contributed by atoms with Crippen LogP contribution in [0, 0.1) is 0 Å². The van der Waals surface area contributed by atoms with Crippen LogP contribution in [-0.4, -0.2) is 5.91 Å². The summed E-state index contributed by atoms with van der Waals surface area (Å²) in [5.41, 5.74) is 11.9. The number of nitrogens with two attached hydrogens (primary N) is 2. The zero-order chi connectivity index (χ0) is 11.7. The van der Waals surface area contributed by atoms with Crippen LogP contribution < -0.4 is 11.5 Å². The molecule has 4 N–H and O–H groups in total. The third kappa shape index (κ3) is 1.87. The minimum atomic E-state index is -0.604. The van der Waals surface area contributed by atoms with Crippen molar-refractivity contribution >= 4 is 23.2 Å². The van der Waals surface area contributed by atoms with Gasteiger partial charge in [-0.15, -0.1) is 0 Å². The number of halogens is 1. The summed E-state index contributed by atoms with van der Waals surface area (Å²) >= 11 is 5.79. The molecule has 0 radical (unpaired) electrons. The van der Waals surface area contributed by atoms with Crippen molar-refractivity contribution in [3.63, 3.8) is 0 Å². The summed E-state index contributed by atoms with van der Waals surface area (Å²) in [5.74, 6) is 0.0360. The van der Waals surface area contributed by atoms with E-state index in [1.165, 1.54) is 6.07 Å². The van der Waals surface area contributed by atoms with E-state index in [2.05, 4.69) is 0 Å². The fourth-order valence-electron chi connectivity index (χ4n) is 1.32. The van der Waals surface area contributed by atoms with Gasteiger partial charge in [0.2, 0.25) is 0 Å². The third-order valence-corrected chi connectivity index (χ3v) is 2.47. The van der Waals surface area contributed by atoms with Crippen LogP contribution in [-0.2, 0) is 0 Å². The second kappa shape index (κ2) is 3.90. The Bertz CT molecular complexity index is 549. The molecule has 1 aromatic carbocycles. The molecule has 82 valence electrons. The highest BCUT2D eigenvalue weighted by Gasteiger charge is 2.09. The molecule has 0 spiro atoms. The molecule has 0 saturated carbocycles. The topological polar surface area (TPSA) is 82.2 Å². The van der Waals surface area contributed by atoms with E-state index in [1.54, 1.807) is 24.3 Å². The molecule has 0 aliphatic rings. The van der Waals surface area contributed by atoms with Crippen LogP contribution in [0.5, 0.6) is 0 Å². The molecule has 1 amide bonds. The third-order valence-electron chi connectivity index (χ3n) is 2.13. The molecule has 0 bridgehead atoms. The lowest BCUT2D eigenvalue weighted by atomic mass is 10.1. The number of hydrogen-bond acceptors (Lipinski definition) is 3. The predicted octanol–water partition coefficient (Wildman–Crippen LogP) is 2.28. The van der Waals surface area contributed by atoms with E-state index in [-0.39, 0.29) is 5.76 Å². The van der Waals surface area contributed by atoms with E-state index in [1.807, 2.05) is 0 Å². The summed E-state index contributed by atoms with van der Waals surface area (Å²) in [7, 11) is 0. The Labute approximate surface area is 96.8 Å². The molecular formula is C11H9ClN2O2. The highest BCUT2D eigenvalue weighted by Crippen LogP contribution is 2.27. The van der Waals surface area contributed by atoms with E-state index >= 15 is 0 Å². The van der Waals surface area contributed by atoms with Gasteiger partial charge in [-0.3, -0.25) is 4.79 Å². The summed E-state index contributed by atoms with van der Waals surface area (Å²) in [4.78, 5) is 10.8. The van der Waals surface area contributed by atoms with Gasteiger partial charge in [0.1, 0.15) is 5.76 Å². The average molecular weight is 237 g/mol. The predicted molar refractivity (Wildman–Crippen MR) is 62.1 cm³/mol. The van der Waals surface area contributed by atoms with Crippen molar-refractivity contribution < 1.29 is 9.21 Å². The van der Waals surface area contributed by atoms with Crippen LogP contribution in [0.3, 0.4) is 0 Å². The van der Waals surface area contributed by atoms with Gasteiger partial charge in [0, 0.05) is 5.56 Å². The fourth-order valence-corrected chi connectivity index (χ4v) is 1.44. The molecule has 16 heavy (non-hydrogen) atoms. The fraction of sp³-hybridized carbons (Fsp3) is 0. The Kier molecular flexibility index (Phi) is 2.58. The van der Waals surface area contributed by atoms with Crippen LogP contribution in [0.25, 0.3) is 11.3 Å². The Morgan fingerprint density at radius 2 is 2.00 bits per heavy atom. The molecule has 1 heterocycles. The van der Waals surface area contributed by atoms with Crippen LogP contribution in [0.1, 0.15) is 10.6 Å². The van der Waals surface area contributed by atoms with Crippen molar-refractivity contribution in [3.05, 3.63) is 41.1 Å². The molecule has 2 rings (SSSR count). The van der Waals surface area contributed by atoms with Crippen LogP contribution in [0.15, 0.2) is 34.7 Å². The monoisotopic (exact) mass is 236 g/mol. The highest BCUT2D eigenvalue weighted by atomic mass is 35.5. The molecule has 0 aliphatic heterocycles. The number of carbonyl (C=O) groups excluding carboxylic acids is 1. The van der Waals surface area contributed by atoms with Crippen LogP contribution in [0.2, 0.25) is 5.02 Å². The zero-order valence-electron chi connectivity index (χ0n) is 8.24. The first-order valence-corrected chi connectivity index (χ1v) is 4.91. The van der Waals surface area contributed by atoms with E-state index < -0.39 is 5.91 Å². The van der Waals surface area contributed by atoms with Crippen LogP contribution >= 0.6 is 11.6 Å². The molecule has 5 heteroatoms. The van der Waals surface area contributed by atoms with Gasteiger partial charge in [0.25, 0.3) is 5.91 Å². The van der Waals surface area contributed by atoms with Gasteiger partial charge in [-0.05, 0) is 30.3 Å². The van der Waals surface area contributed by atoms with E-state index in [9.17, 15) is 4.79 Å². The minimum absolute atomic E-state index is 0.114. The number of hydrogen-bond donors (Lipinski definition) is 2. The molecule has 0 saturated heterocycles. The van der Waals surface area contributed by atoms with Gasteiger partial charge in [0.05, 0.1) is 10.7 Å². The van der Waals surface area contributed by atoms with Crippen molar-refractivity contribution in [2.75, 3.05) is 5.73 Å². The van der Waals surface area contributed by atoms with Crippen molar-refractivity contribution in [1.82, 2.24) is 0 Å². The minimum Gasteiger partial charge on any atom is -0.451 e. The molecule has 2 aromatic rings. The molecule has 4 nitrogen and oxygen atoms in total. The first-order chi connectivity index (χ1) is 7.58. The van der Waals surface area contributed by atoms with Crippen molar-refractivity contribution in [2.24, 2.45) is 5.73 Å². The quantitative estimate of drug-likeness (QED) is 0.785. The van der Waals surface area contributed by atoms with E-state index in [4.69, 9.17) is 27.5 Å². The van der Waals surface area contributed by atoms with Crippen molar-refractivity contribution in [3.8, 4) is 11.3 Å². The largest absolute Gasteiger partial charge is 0.451 e. The van der Waals surface area contributed by atoms with E-state index in [0.717, 1.165) is 5.56 Å². The summed E-state index contributed by atoms with van der Waals surface area (Å²) in [6.07, 6.45) is 0. The normalized spacial score (nSPS) is 10.3. The van der Waals surface area contributed by atoms with E-state index in [0.29, 0.717) is 16.5 Å². The molecule has 0 aliphatic carbocycles. The Hall–Kier alpha value is -1.94. The van der Waals surface area contributed by atoms with Gasteiger partial charge in [-0.1, -0.05) is 11.6 Å². The first-order valence-electron chi connectivity index (χ1n) is 4.53. The Morgan fingerprint density at radius 1 is 1.25 bits per heavy atom. The average Bonchev–Trinajstić information content (AvgIpc) is 2.71. The van der Waals surface area contributed by atoms with Gasteiger partial charge >= 0.3 is 0 Å². The summed E-state index contributed by atoms with van der Waals surface area (Å²) < 4.78 is 5.25. The standard InChI is InChI=1S/C11H9ClN2O2/c12-7-2-1-6(5-8(7)13)9-3-4-10(16-9)11(14)15/h1-5H,13H2,(H2,14,15). The van der Waals surface area contributed by atoms with Gasteiger partial charge in [0.15, 0.2) is 5.76 Å². The second-order valence-electron chi connectivity index (χ2n) is 3.26. The first kappa shape index (κ1) is 10.6. The number of nitrogen functional groups attached to an aromatic ring is 1. The lowest BCUT2D eigenvalue weighted by molar-refractivity contribution is 0.0975. The van der Waals surface area contributed by atoms with Crippen molar-refractivity contribution in [1.29, 1.82) is 0 Å². The highest BCUT2D eigenvalue weighted by molar-refractivity contribution is 6.33.